The molecule has 5 nitrogen and oxygen atoms in total. The minimum absolute atomic E-state index is 0.0786. The number of halogens is 1. The zero-order chi connectivity index (χ0) is 18.9. The molecule has 136 valence electrons. The SMILES string of the molecule is COC(=O)C1(NC(=O)c2cccc(C)c2O)CCc2cc(Br)ccc2C1. The monoisotopic (exact) mass is 417 g/mol. The lowest BCUT2D eigenvalue weighted by Gasteiger charge is -2.36. The second-order valence-electron chi connectivity index (χ2n) is 6.59. The number of esters is 1. The van der Waals surface area contributed by atoms with Gasteiger partial charge in [0.15, 0.2) is 0 Å². The van der Waals surface area contributed by atoms with Crippen LogP contribution in [-0.4, -0.2) is 29.6 Å². The van der Waals surface area contributed by atoms with Gasteiger partial charge in [0, 0.05) is 10.9 Å². The Kier molecular flexibility index (Phi) is 5.05. The fourth-order valence-electron chi connectivity index (χ4n) is 3.42. The van der Waals surface area contributed by atoms with Crippen LogP contribution in [0.2, 0.25) is 0 Å². The normalized spacial score (nSPS) is 18.7. The standard InChI is InChI=1S/C20H20BrNO4/c1-12-4-3-5-16(17(12)23)18(24)22-20(19(25)26-2)9-8-13-10-15(21)7-6-14(13)11-20/h3-7,10,23H,8-9,11H2,1-2H3,(H,22,24). The predicted molar refractivity (Wildman–Crippen MR) is 101 cm³/mol. The van der Waals surface area contributed by atoms with Gasteiger partial charge in [-0.25, -0.2) is 4.79 Å². The summed E-state index contributed by atoms with van der Waals surface area (Å²) in [5.74, 6) is -1.05. The first-order chi connectivity index (χ1) is 12.4. The van der Waals surface area contributed by atoms with Crippen LogP contribution in [0.15, 0.2) is 40.9 Å². The molecule has 0 saturated heterocycles. The van der Waals surface area contributed by atoms with Crippen LogP contribution in [0, 0.1) is 6.92 Å². The molecule has 0 spiro atoms. The maximum Gasteiger partial charge on any atom is 0.331 e. The number of rotatable bonds is 3. The number of benzene rings is 2. The number of carbonyl (C=O) groups is 2. The highest BCUT2D eigenvalue weighted by atomic mass is 79.9. The minimum Gasteiger partial charge on any atom is -0.507 e. The Bertz CT molecular complexity index is 880. The molecule has 1 unspecified atom stereocenters. The number of phenols is 1. The molecule has 0 fully saturated rings. The van der Waals surface area contributed by atoms with Crippen molar-refractivity contribution < 1.29 is 19.4 Å². The average molecular weight is 418 g/mol. The largest absolute Gasteiger partial charge is 0.507 e. The summed E-state index contributed by atoms with van der Waals surface area (Å²) in [4.78, 5) is 25.4. The molecule has 26 heavy (non-hydrogen) atoms. The molecule has 0 bridgehead atoms. The van der Waals surface area contributed by atoms with E-state index in [2.05, 4.69) is 21.2 Å². The summed E-state index contributed by atoms with van der Waals surface area (Å²) in [5.41, 5.74) is 1.74. The highest BCUT2D eigenvalue weighted by Crippen LogP contribution is 2.32. The van der Waals surface area contributed by atoms with E-state index in [1.807, 2.05) is 18.2 Å². The zero-order valence-corrected chi connectivity index (χ0v) is 16.2. The summed E-state index contributed by atoms with van der Waals surface area (Å²) in [5, 5.41) is 13.0. The van der Waals surface area contributed by atoms with Gasteiger partial charge in [0.05, 0.1) is 12.7 Å². The third kappa shape index (κ3) is 3.33. The highest BCUT2D eigenvalue weighted by Gasteiger charge is 2.44. The first-order valence-corrected chi connectivity index (χ1v) is 9.12. The van der Waals surface area contributed by atoms with Gasteiger partial charge in [0.2, 0.25) is 0 Å². The van der Waals surface area contributed by atoms with E-state index >= 15 is 0 Å². The summed E-state index contributed by atoms with van der Waals surface area (Å²) in [6.07, 6.45) is 1.42. The molecule has 3 rings (SSSR count). The van der Waals surface area contributed by atoms with E-state index in [4.69, 9.17) is 4.74 Å². The minimum atomic E-state index is -1.15. The molecule has 6 heteroatoms. The fourth-order valence-corrected chi connectivity index (χ4v) is 3.82. The third-order valence-corrected chi connectivity index (χ3v) is 5.39. The Labute approximate surface area is 160 Å². The molecular formula is C20H20BrNO4. The number of aryl methyl sites for hydroxylation is 2. The lowest BCUT2D eigenvalue weighted by atomic mass is 9.77. The number of hydrogen-bond donors (Lipinski definition) is 2. The van der Waals surface area contributed by atoms with Crippen molar-refractivity contribution in [2.45, 2.75) is 31.7 Å². The van der Waals surface area contributed by atoms with Crippen molar-refractivity contribution in [2.24, 2.45) is 0 Å². The molecule has 2 N–H and O–H groups in total. The number of ether oxygens (including phenoxy) is 1. The van der Waals surface area contributed by atoms with Crippen LogP contribution >= 0.6 is 15.9 Å². The van der Waals surface area contributed by atoms with Crippen molar-refractivity contribution in [3.05, 3.63) is 63.1 Å². The summed E-state index contributed by atoms with van der Waals surface area (Å²) < 4.78 is 5.98. The van der Waals surface area contributed by atoms with E-state index in [-0.39, 0.29) is 11.3 Å². The Morgan fingerprint density at radius 2 is 2.00 bits per heavy atom. The number of nitrogens with one attached hydrogen (secondary N) is 1. The van der Waals surface area contributed by atoms with Gasteiger partial charge in [-0.2, -0.15) is 0 Å². The second-order valence-corrected chi connectivity index (χ2v) is 7.50. The second kappa shape index (κ2) is 7.11. The number of methoxy groups -OCH3 is 1. The van der Waals surface area contributed by atoms with Crippen molar-refractivity contribution in [3.63, 3.8) is 0 Å². The maximum absolute atomic E-state index is 12.8. The average Bonchev–Trinajstić information content (AvgIpc) is 2.63. The Morgan fingerprint density at radius 3 is 2.73 bits per heavy atom. The quantitative estimate of drug-likeness (QED) is 0.751. The van der Waals surface area contributed by atoms with Crippen LogP contribution in [0.5, 0.6) is 5.75 Å². The lowest BCUT2D eigenvalue weighted by Crippen LogP contribution is -2.58. The number of amides is 1. The van der Waals surface area contributed by atoms with Crippen molar-refractivity contribution in [1.29, 1.82) is 0 Å². The van der Waals surface area contributed by atoms with Crippen molar-refractivity contribution in [2.75, 3.05) is 7.11 Å². The van der Waals surface area contributed by atoms with Crippen LogP contribution in [-0.2, 0) is 22.4 Å². The molecule has 1 amide bonds. The van der Waals surface area contributed by atoms with Crippen molar-refractivity contribution in [3.8, 4) is 5.75 Å². The third-order valence-electron chi connectivity index (χ3n) is 4.89. The molecule has 1 aliphatic rings. The lowest BCUT2D eigenvalue weighted by molar-refractivity contribution is -0.148. The Morgan fingerprint density at radius 1 is 1.23 bits per heavy atom. The number of hydrogen-bond acceptors (Lipinski definition) is 4. The maximum atomic E-state index is 12.8. The summed E-state index contributed by atoms with van der Waals surface area (Å²) in [6, 6.07) is 10.9. The van der Waals surface area contributed by atoms with Gasteiger partial charge in [0.25, 0.3) is 5.91 Å². The highest BCUT2D eigenvalue weighted by molar-refractivity contribution is 9.10. The van der Waals surface area contributed by atoms with E-state index in [1.165, 1.54) is 13.2 Å². The molecular weight excluding hydrogens is 398 g/mol. The van der Waals surface area contributed by atoms with E-state index in [0.29, 0.717) is 24.8 Å². The number of para-hydroxylation sites is 1. The smallest absolute Gasteiger partial charge is 0.331 e. The van der Waals surface area contributed by atoms with Gasteiger partial charge >= 0.3 is 5.97 Å². The first-order valence-electron chi connectivity index (χ1n) is 8.33. The summed E-state index contributed by atoms with van der Waals surface area (Å²) in [7, 11) is 1.32. The van der Waals surface area contributed by atoms with Gasteiger partial charge in [-0.15, -0.1) is 0 Å². The zero-order valence-electron chi connectivity index (χ0n) is 14.6. The molecule has 0 aliphatic heterocycles. The van der Waals surface area contributed by atoms with Crippen LogP contribution in [0.3, 0.4) is 0 Å². The number of carbonyl (C=O) groups excluding carboxylic acids is 2. The predicted octanol–water partition coefficient (Wildman–Crippen LogP) is 3.29. The molecule has 0 saturated carbocycles. The topological polar surface area (TPSA) is 75.6 Å². The number of phenolic OH excluding ortho intramolecular Hbond substituents is 1. The van der Waals surface area contributed by atoms with Gasteiger partial charge < -0.3 is 15.2 Å². The van der Waals surface area contributed by atoms with E-state index < -0.39 is 17.4 Å². The van der Waals surface area contributed by atoms with E-state index in [0.717, 1.165) is 15.6 Å². The summed E-state index contributed by atoms with van der Waals surface area (Å²) >= 11 is 3.46. The molecule has 0 aromatic heterocycles. The first kappa shape index (κ1) is 18.5. The van der Waals surface area contributed by atoms with Crippen LogP contribution in [0.25, 0.3) is 0 Å². The summed E-state index contributed by atoms with van der Waals surface area (Å²) in [6.45, 7) is 1.72. The van der Waals surface area contributed by atoms with Crippen LogP contribution in [0.4, 0.5) is 0 Å². The molecule has 0 radical (unpaired) electrons. The van der Waals surface area contributed by atoms with Gasteiger partial charge in [-0.1, -0.05) is 34.1 Å². The van der Waals surface area contributed by atoms with Crippen molar-refractivity contribution in [1.82, 2.24) is 5.32 Å². The Balaban J connectivity index is 1.94. The van der Waals surface area contributed by atoms with E-state index in [9.17, 15) is 14.7 Å². The fraction of sp³-hybridized carbons (Fsp3) is 0.300. The van der Waals surface area contributed by atoms with Crippen LogP contribution in [0.1, 0.15) is 33.5 Å². The molecule has 0 heterocycles. The molecule has 1 atom stereocenters. The van der Waals surface area contributed by atoms with Gasteiger partial charge in [-0.3, -0.25) is 4.79 Å². The Hall–Kier alpha value is -2.34. The molecule has 2 aromatic carbocycles. The van der Waals surface area contributed by atoms with Crippen LogP contribution < -0.4 is 5.32 Å². The number of aromatic hydroxyl groups is 1. The molecule has 2 aromatic rings. The molecule has 1 aliphatic carbocycles. The van der Waals surface area contributed by atoms with Gasteiger partial charge in [-0.05, 0) is 54.7 Å². The number of fused-ring (bicyclic) bond motifs is 1. The van der Waals surface area contributed by atoms with Gasteiger partial charge in [0.1, 0.15) is 11.3 Å². The van der Waals surface area contributed by atoms with Crippen molar-refractivity contribution >= 4 is 27.8 Å². The van der Waals surface area contributed by atoms with E-state index in [1.54, 1.807) is 19.1 Å².